The van der Waals surface area contributed by atoms with Crippen LogP contribution in [0.3, 0.4) is 0 Å². The van der Waals surface area contributed by atoms with E-state index in [2.05, 4.69) is 20.1 Å². The van der Waals surface area contributed by atoms with Crippen LogP contribution in [-0.4, -0.2) is 48.0 Å². The molecule has 0 atom stereocenters. The van der Waals surface area contributed by atoms with E-state index in [1.807, 2.05) is 55.7 Å². The van der Waals surface area contributed by atoms with E-state index >= 15 is 0 Å². The predicted molar refractivity (Wildman–Crippen MR) is 162 cm³/mol. The number of aromatic nitrogens is 1. The molecular weight excluding hydrogens is 524 g/mol. The van der Waals surface area contributed by atoms with Crippen molar-refractivity contribution in [1.82, 2.24) is 4.98 Å². The van der Waals surface area contributed by atoms with Gasteiger partial charge in [-0.3, -0.25) is 14.6 Å². The van der Waals surface area contributed by atoms with Gasteiger partial charge in [-0.15, -0.1) is 12.4 Å². The number of phenols is 1. The molecule has 3 aromatic carbocycles. The highest BCUT2D eigenvalue weighted by molar-refractivity contribution is 6.06. The molecule has 0 bridgehead atoms. The summed E-state index contributed by atoms with van der Waals surface area (Å²) in [6.07, 6.45) is 4.74. The number of Topliss-reactive ketones (excluding diaryl/α,β-unsaturated/α-hetero) is 1. The average Bonchev–Trinajstić information content (AvgIpc) is 3.22. The zero-order chi connectivity index (χ0) is 27.2. The van der Waals surface area contributed by atoms with Gasteiger partial charge in [-0.1, -0.05) is 42.0 Å². The summed E-state index contributed by atoms with van der Waals surface area (Å²) in [6.45, 7) is 5.67. The van der Waals surface area contributed by atoms with Gasteiger partial charge in [0.15, 0.2) is 5.78 Å². The van der Waals surface area contributed by atoms with Crippen LogP contribution < -0.4 is 15.1 Å². The molecule has 0 saturated carbocycles. The molecule has 1 aromatic heterocycles. The number of hydrogen-bond acceptors (Lipinski definition) is 6. The molecule has 40 heavy (non-hydrogen) atoms. The first-order valence-corrected chi connectivity index (χ1v) is 13.2. The molecule has 1 fully saturated rings. The highest BCUT2D eigenvalue weighted by atomic mass is 35.5. The number of rotatable bonds is 7. The van der Waals surface area contributed by atoms with E-state index < -0.39 is 0 Å². The molecule has 0 aliphatic carbocycles. The second kappa shape index (κ2) is 13.1. The Morgan fingerprint density at radius 3 is 2.05 bits per heavy atom. The Morgan fingerprint density at radius 1 is 0.800 bits per heavy atom. The second-order valence-corrected chi connectivity index (χ2v) is 9.81. The number of hydrogen-bond donors (Lipinski definition) is 2. The third-order valence-electron chi connectivity index (χ3n) is 7.11. The van der Waals surface area contributed by atoms with Crippen LogP contribution in [0.2, 0.25) is 0 Å². The first-order valence-electron chi connectivity index (χ1n) is 13.2. The van der Waals surface area contributed by atoms with Crippen LogP contribution in [-0.2, 0) is 6.42 Å². The fourth-order valence-electron chi connectivity index (χ4n) is 4.89. The summed E-state index contributed by atoms with van der Waals surface area (Å²) >= 11 is 0. The normalized spacial score (nSPS) is 13.2. The molecule has 8 heteroatoms. The van der Waals surface area contributed by atoms with E-state index in [9.17, 15) is 14.7 Å². The first kappa shape index (κ1) is 28.6. The maximum Gasteiger partial charge on any atom is 0.255 e. The minimum atomic E-state index is -0.341. The van der Waals surface area contributed by atoms with E-state index in [1.54, 1.807) is 36.4 Å². The van der Waals surface area contributed by atoms with Gasteiger partial charge in [0.25, 0.3) is 5.91 Å². The lowest BCUT2D eigenvalue weighted by molar-refractivity contribution is 0.0989. The third kappa shape index (κ3) is 6.79. The number of aromatic hydroxyl groups is 1. The molecule has 1 aliphatic rings. The van der Waals surface area contributed by atoms with Gasteiger partial charge in [-0.25, -0.2) is 0 Å². The summed E-state index contributed by atoms with van der Waals surface area (Å²) in [7, 11) is 0. The smallest absolute Gasteiger partial charge is 0.255 e. The summed E-state index contributed by atoms with van der Waals surface area (Å²) in [6, 6.07) is 23.9. The van der Waals surface area contributed by atoms with Gasteiger partial charge in [-0.05, 0) is 61.4 Å². The summed E-state index contributed by atoms with van der Waals surface area (Å²) < 4.78 is 0. The van der Waals surface area contributed by atoms with E-state index in [0.717, 1.165) is 43.9 Å². The molecule has 2 heterocycles. The van der Waals surface area contributed by atoms with Gasteiger partial charge in [0.2, 0.25) is 0 Å². The monoisotopic (exact) mass is 556 g/mol. The number of carbonyl (C=O) groups is 2. The second-order valence-electron chi connectivity index (χ2n) is 9.81. The van der Waals surface area contributed by atoms with Gasteiger partial charge in [0, 0.05) is 67.5 Å². The van der Waals surface area contributed by atoms with Crippen LogP contribution in [0.25, 0.3) is 0 Å². The Kier molecular flexibility index (Phi) is 9.40. The third-order valence-corrected chi connectivity index (χ3v) is 7.11. The highest BCUT2D eigenvalue weighted by Crippen LogP contribution is 2.29. The fraction of sp³-hybridized carbons (Fsp3) is 0.219. The molecular formula is C32H33ClN4O3. The minimum absolute atomic E-state index is 0. The number of pyridine rings is 1. The lowest BCUT2D eigenvalue weighted by atomic mass is 10.00. The molecule has 206 valence electrons. The number of nitrogens with one attached hydrogen (secondary N) is 1. The van der Waals surface area contributed by atoms with E-state index in [0.29, 0.717) is 16.7 Å². The Bertz CT molecular complexity index is 1440. The van der Waals surface area contributed by atoms with Crippen LogP contribution in [0.15, 0.2) is 91.3 Å². The van der Waals surface area contributed by atoms with Crippen molar-refractivity contribution in [2.75, 3.05) is 41.3 Å². The number of nitrogens with zero attached hydrogens (tertiary/aromatic N) is 3. The first-order chi connectivity index (χ1) is 19.0. The zero-order valence-electron chi connectivity index (χ0n) is 22.4. The van der Waals surface area contributed by atoms with Crippen molar-refractivity contribution in [3.8, 4) is 5.75 Å². The van der Waals surface area contributed by atoms with Crippen LogP contribution in [0.5, 0.6) is 5.75 Å². The lowest BCUT2D eigenvalue weighted by Gasteiger charge is -2.25. The number of carbonyl (C=O) groups excluding carboxylic acids is 2. The van der Waals surface area contributed by atoms with Crippen molar-refractivity contribution < 1.29 is 14.7 Å². The molecule has 1 saturated heterocycles. The van der Waals surface area contributed by atoms with Crippen molar-refractivity contribution in [2.24, 2.45) is 0 Å². The van der Waals surface area contributed by atoms with Crippen molar-refractivity contribution in [3.63, 3.8) is 0 Å². The summed E-state index contributed by atoms with van der Waals surface area (Å²) in [5, 5.41) is 13.3. The van der Waals surface area contributed by atoms with Gasteiger partial charge in [0.1, 0.15) is 5.75 Å². The van der Waals surface area contributed by atoms with Crippen LogP contribution >= 0.6 is 12.4 Å². The van der Waals surface area contributed by atoms with Crippen LogP contribution in [0.1, 0.15) is 38.3 Å². The maximum absolute atomic E-state index is 13.1. The predicted octanol–water partition coefficient (Wildman–Crippen LogP) is 5.91. The molecule has 0 unspecified atom stereocenters. The number of para-hydroxylation sites is 1. The summed E-state index contributed by atoms with van der Waals surface area (Å²) in [4.78, 5) is 34.8. The molecule has 2 N–H and O–H groups in total. The number of anilines is 3. The quantitative estimate of drug-likeness (QED) is 0.217. The van der Waals surface area contributed by atoms with Gasteiger partial charge in [0.05, 0.1) is 5.69 Å². The van der Waals surface area contributed by atoms with Gasteiger partial charge >= 0.3 is 0 Å². The highest BCUT2D eigenvalue weighted by Gasteiger charge is 2.18. The molecule has 0 spiro atoms. The van der Waals surface area contributed by atoms with Crippen molar-refractivity contribution in [3.05, 3.63) is 114 Å². The Labute approximate surface area is 240 Å². The Hall–Kier alpha value is -4.36. The number of amides is 1. The number of halogens is 1. The molecule has 4 aromatic rings. The average molecular weight is 557 g/mol. The van der Waals surface area contributed by atoms with E-state index in [4.69, 9.17) is 0 Å². The zero-order valence-corrected chi connectivity index (χ0v) is 23.2. The van der Waals surface area contributed by atoms with E-state index in [-0.39, 0.29) is 42.0 Å². The molecule has 5 rings (SSSR count). The summed E-state index contributed by atoms with van der Waals surface area (Å²) in [5.41, 5.74) is 5.22. The molecule has 7 nitrogen and oxygen atoms in total. The standard InChI is InChI=1S/C32H32N4O3.ClH/c1-23-6-8-24(9-7-23)30(38)22-26-4-2-5-29(37)31(26)34-32(39)25-10-12-27(13-11-25)35-18-3-19-36(21-20-35)28-14-16-33-17-15-28;/h2,4-17,37H,3,18-22H2,1H3,(H,34,39);1H. The van der Waals surface area contributed by atoms with Crippen LogP contribution in [0, 0.1) is 6.92 Å². The Morgan fingerprint density at radius 2 is 1.40 bits per heavy atom. The molecule has 1 amide bonds. The summed E-state index contributed by atoms with van der Waals surface area (Å²) in [5.74, 6) is -0.496. The number of aryl methyl sites for hydroxylation is 1. The fourth-order valence-corrected chi connectivity index (χ4v) is 4.89. The number of phenolic OH excluding ortho intramolecular Hbond substituents is 1. The topological polar surface area (TPSA) is 85.8 Å². The largest absolute Gasteiger partial charge is 0.506 e. The van der Waals surface area contributed by atoms with Crippen LogP contribution in [0.4, 0.5) is 17.1 Å². The SMILES string of the molecule is Cc1ccc(C(=O)Cc2cccc(O)c2NC(=O)c2ccc(N3CCCN(c4ccncc4)CC3)cc2)cc1.Cl. The van der Waals surface area contributed by atoms with Crippen molar-refractivity contribution in [1.29, 1.82) is 0 Å². The van der Waals surface area contributed by atoms with Gasteiger partial charge < -0.3 is 20.2 Å². The van der Waals surface area contributed by atoms with E-state index in [1.165, 1.54) is 11.8 Å². The number of ketones is 1. The minimum Gasteiger partial charge on any atom is -0.506 e. The maximum atomic E-state index is 13.1. The Balaban J connectivity index is 0.00000370. The molecule has 1 aliphatic heterocycles. The number of benzene rings is 3. The lowest BCUT2D eigenvalue weighted by Crippen LogP contribution is -2.30. The van der Waals surface area contributed by atoms with Crippen molar-refractivity contribution >= 4 is 41.2 Å². The van der Waals surface area contributed by atoms with Crippen molar-refractivity contribution in [2.45, 2.75) is 19.8 Å². The molecule has 0 radical (unpaired) electrons. The van der Waals surface area contributed by atoms with Gasteiger partial charge in [-0.2, -0.15) is 0 Å².